The van der Waals surface area contributed by atoms with Crippen LogP contribution >= 0.6 is 0 Å². The van der Waals surface area contributed by atoms with Gasteiger partial charge in [-0.3, -0.25) is 0 Å². The molecule has 0 radical (unpaired) electrons. The van der Waals surface area contributed by atoms with Crippen LogP contribution in [-0.4, -0.2) is 53.3 Å². The lowest BCUT2D eigenvalue weighted by molar-refractivity contribution is 0.147. The molecule has 21 heavy (non-hydrogen) atoms. The number of nitrogens with one attached hydrogen (secondary N) is 1. The molecule has 1 fully saturated rings. The van der Waals surface area contributed by atoms with Crippen LogP contribution in [0.4, 0.5) is 5.95 Å². The second-order valence-electron chi connectivity index (χ2n) is 6.12. The Hall–Kier alpha value is -1.07. The first-order chi connectivity index (χ1) is 10.2. The van der Waals surface area contributed by atoms with Gasteiger partial charge in [0.25, 0.3) is 0 Å². The van der Waals surface area contributed by atoms with Gasteiger partial charge < -0.3 is 19.5 Å². The maximum atomic E-state index is 5.35. The molecule has 0 aromatic carbocycles. The SMILES string of the molecule is CCOCCCNc1nccn1CC1CCN(C(C)C)C1. The third kappa shape index (κ3) is 5.00. The first-order valence-corrected chi connectivity index (χ1v) is 8.27. The van der Waals surface area contributed by atoms with E-state index < -0.39 is 0 Å². The van der Waals surface area contributed by atoms with Crippen molar-refractivity contribution in [1.29, 1.82) is 0 Å². The smallest absolute Gasteiger partial charge is 0.202 e. The van der Waals surface area contributed by atoms with Crippen molar-refractivity contribution >= 4 is 5.95 Å². The van der Waals surface area contributed by atoms with Gasteiger partial charge in [-0.1, -0.05) is 0 Å². The molecule has 1 saturated heterocycles. The monoisotopic (exact) mass is 294 g/mol. The number of hydrogen-bond donors (Lipinski definition) is 1. The summed E-state index contributed by atoms with van der Waals surface area (Å²) in [6.45, 7) is 12.6. The normalized spacial score (nSPS) is 19.5. The summed E-state index contributed by atoms with van der Waals surface area (Å²) in [6.07, 6.45) is 6.29. The van der Waals surface area contributed by atoms with Crippen LogP contribution < -0.4 is 5.32 Å². The minimum absolute atomic E-state index is 0.661. The molecule has 0 bridgehead atoms. The zero-order chi connectivity index (χ0) is 15.1. The van der Waals surface area contributed by atoms with Gasteiger partial charge in [-0.25, -0.2) is 4.98 Å². The third-order valence-corrected chi connectivity index (χ3v) is 4.17. The summed E-state index contributed by atoms with van der Waals surface area (Å²) in [7, 11) is 0. The minimum Gasteiger partial charge on any atom is -0.382 e. The fraction of sp³-hybridized carbons (Fsp3) is 0.812. The molecule has 5 nitrogen and oxygen atoms in total. The number of hydrogen-bond acceptors (Lipinski definition) is 4. The highest BCUT2D eigenvalue weighted by atomic mass is 16.5. The molecule has 2 heterocycles. The first kappa shape index (κ1) is 16.3. The number of likely N-dealkylation sites (tertiary alicyclic amines) is 1. The lowest BCUT2D eigenvalue weighted by Gasteiger charge is -2.20. The molecule has 1 aliphatic rings. The number of imidazole rings is 1. The highest BCUT2D eigenvalue weighted by molar-refractivity contribution is 5.25. The average molecular weight is 294 g/mol. The average Bonchev–Trinajstić information content (AvgIpc) is 3.09. The van der Waals surface area contributed by atoms with Gasteiger partial charge in [0.15, 0.2) is 0 Å². The van der Waals surface area contributed by atoms with Crippen molar-refractivity contribution < 1.29 is 4.74 Å². The van der Waals surface area contributed by atoms with E-state index in [0.717, 1.165) is 44.6 Å². The largest absolute Gasteiger partial charge is 0.382 e. The summed E-state index contributed by atoms with van der Waals surface area (Å²) in [5, 5.41) is 3.42. The molecule has 0 spiro atoms. The molecule has 1 unspecified atom stereocenters. The Kier molecular flexibility index (Phi) is 6.51. The van der Waals surface area contributed by atoms with Crippen LogP contribution in [0.2, 0.25) is 0 Å². The van der Waals surface area contributed by atoms with Crippen LogP contribution in [-0.2, 0) is 11.3 Å². The standard InChI is InChI=1S/C16H30N4O/c1-4-21-11-5-7-17-16-18-8-10-20(16)13-15-6-9-19(12-15)14(2)3/h8,10,14-15H,4-7,9,11-13H2,1-3H3,(H,17,18). The quantitative estimate of drug-likeness (QED) is 0.710. The summed E-state index contributed by atoms with van der Waals surface area (Å²) in [5.41, 5.74) is 0. The molecule has 1 N–H and O–H groups in total. The van der Waals surface area contributed by atoms with Crippen molar-refractivity contribution in [2.45, 2.75) is 46.2 Å². The second kappa shape index (κ2) is 8.39. The Morgan fingerprint density at radius 3 is 3.05 bits per heavy atom. The molecule has 1 aromatic heterocycles. The van der Waals surface area contributed by atoms with Gasteiger partial charge in [-0.05, 0) is 46.1 Å². The highest BCUT2D eigenvalue weighted by Crippen LogP contribution is 2.21. The van der Waals surface area contributed by atoms with E-state index in [4.69, 9.17) is 4.74 Å². The Morgan fingerprint density at radius 2 is 2.33 bits per heavy atom. The van der Waals surface area contributed by atoms with Crippen molar-refractivity contribution in [2.75, 3.05) is 38.2 Å². The van der Waals surface area contributed by atoms with Crippen LogP contribution in [0.5, 0.6) is 0 Å². The first-order valence-electron chi connectivity index (χ1n) is 8.27. The zero-order valence-corrected chi connectivity index (χ0v) is 13.7. The van der Waals surface area contributed by atoms with Crippen molar-refractivity contribution in [1.82, 2.24) is 14.5 Å². The Bertz CT molecular complexity index is 405. The van der Waals surface area contributed by atoms with Crippen LogP contribution in [0.15, 0.2) is 12.4 Å². The van der Waals surface area contributed by atoms with Crippen molar-refractivity contribution in [2.24, 2.45) is 5.92 Å². The molecule has 0 saturated carbocycles. The molecule has 0 amide bonds. The Morgan fingerprint density at radius 1 is 1.48 bits per heavy atom. The van der Waals surface area contributed by atoms with Crippen LogP contribution in [0.3, 0.4) is 0 Å². The van der Waals surface area contributed by atoms with E-state index in [0.29, 0.717) is 6.04 Å². The van der Waals surface area contributed by atoms with Gasteiger partial charge in [0.05, 0.1) is 0 Å². The van der Waals surface area contributed by atoms with E-state index >= 15 is 0 Å². The topological polar surface area (TPSA) is 42.3 Å². The van der Waals surface area contributed by atoms with Crippen LogP contribution in [0.25, 0.3) is 0 Å². The van der Waals surface area contributed by atoms with Crippen molar-refractivity contribution in [3.63, 3.8) is 0 Å². The number of anilines is 1. The van der Waals surface area contributed by atoms with Gasteiger partial charge in [0.2, 0.25) is 5.95 Å². The zero-order valence-electron chi connectivity index (χ0n) is 13.7. The second-order valence-corrected chi connectivity index (χ2v) is 6.12. The lowest BCUT2D eigenvalue weighted by Crippen LogP contribution is -2.28. The van der Waals surface area contributed by atoms with E-state index in [1.807, 2.05) is 13.1 Å². The lowest BCUT2D eigenvalue weighted by atomic mass is 10.1. The van der Waals surface area contributed by atoms with E-state index in [1.165, 1.54) is 19.5 Å². The van der Waals surface area contributed by atoms with Gasteiger partial charge >= 0.3 is 0 Å². The van der Waals surface area contributed by atoms with Gasteiger partial charge in [0.1, 0.15) is 0 Å². The molecule has 1 atom stereocenters. The predicted molar refractivity (Wildman–Crippen MR) is 86.6 cm³/mol. The molecule has 120 valence electrons. The van der Waals surface area contributed by atoms with Gasteiger partial charge in [-0.15, -0.1) is 0 Å². The predicted octanol–water partition coefficient (Wildman–Crippen LogP) is 2.45. The van der Waals surface area contributed by atoms with Gasteiger partial charge in [0, 0.05) is 51.3 Å². The summed E-state index contributed by atoms with van der Waals surface area (Å²) < 4.78 is 7.61. The maximum Gasteiger partial charge on any atom is 0.202 e. The van der Waals surface area contributed by atoms with Crippen molar-refractivity contribution in [3.05, 3.63) is 12.4 Å². The fourth-order valence-electron chi connectivity index (χ4n) is 2.90. The molecule has 0 aliphatic carbocycles. The fourth-order valence-corrected chi connectivity index (χ4v) is 2.90. The maximum absolute atomic E-state index is 5.35. The number of aromatic nitrogens is 2. The summed E-state index contributed by atoms with van der Waals surface area (Å²) in [6, 6.07) is 0.661. The molecule has 5 heteroatoms. The summed E-state index contributed by atoms with van der Waals surface area (Å²) in [4.78, 5) is 6.99. The third-order valence-electron chi connectivity index (χ3n) is 4.17. The highest BCUT2D eigenvalue weighted by Gasteiger charge is 2.24. The number of ether oxygens (including phenoxy) is 1. The molecular formula is C16H30N4O. The van der Waals surface area contributed by atoms with E-state index in [1.54, 1.807) is 0 Å². The van der Waals surface area contributed by atoms with E-state index in [9.17, 15) is 0 Å². The van der Waals surface area contributed by atoms with Crippen LogP contribution in [0, 0.1) is 5.92 Å². The minimum atomic E-state index is 0.661. The number of rotatable bonds is 9. The number of nitrogens with zero attached hydrogens (tertiary/aromatic N) is 3. The molecular weight excluding hydrogens is 264 g/mol. The van der Waals surface area contributed by atoms with Gasteiger partial charge in [-0.2, -0.15) is 0 Å². The summed E-state index contributed by atoms with van der Waals surface area (Å²) in [5.74, 6) is 1.74. The van der Waals surface area contributed by atoms with Crippen molar-refractivity contribution in [3.8, 4) is 0 Å². The summed E-state index contributed by atoms with van der Waals surface area (Å²) >= 11 is 0. The van der Waals surface area contributed by atoms with E-state index in [2.05, 4.69) is 39.8 Å². The van der Waals surface area contributed by atoms with E-state index in [-0.39, 0.29) is 0 Å². The molecule has 2 rings (SSSR count). The Balaban J connectivity index is 1.75. The Labute approximate surface area is 128 Å². The molecule has 1 aromatic rings. The van der Waals surface area contributed by atoms with Crippen LogP contribution in [0.1, 0.15) is 33.6 Å². The molecule has 1 aliphatic heterocycles.